The fourth-order valence-corrected chi connectivity index (χ4v) is 11.1. The van der Waals surface area contributed by atoms with E-state index in [2.05, 4.69) is 20.8 Å². The second-order valence-corrected chi connectivity index (χ2v) is 13.2. The van der Waals surface area contributed by atoms with Crippen molar-refractivity contribution in [3.63, 3.8) is 0 Å². The van der Waals surface area contributed by atoms with Crippen LogP contribution in [-0.4, -0.2) is 42.5 Å². The van der Waals surface area contributed by atoms with Crippen molar-refractivity contribution in [3.05, 3.63) is 0 Å². The van der Waals surface area contributed by atoms with Crippen LogP contribution in [0.4, 0.5) is 0 Å². The Morgan fingerprint density at radius 2 is 1.17 bits per heavy atom. The molecule has 0 saturated heterocycles. The molecule has 1 radical (unpaired) electrons. The van der Waals surface area contributed by atoms with Gasteiger partial charge in [-0.25, -0.2) is 4.79 Å². The van der Waals surface area contributed by atoms with Crippen molar-refractivity contribution >= 4 is 25.7 Å². The monoisotopic (exact) mass is 367 g/mol. The molecule has 0 unspecified atom stereocenters. The molecule has 0 aromatic heterocycles. The molecule has 18 heavy (non-hydrogen) atoms. The molecule has 0 amide bonds. The Morgan fingerprint density at radius 3 is 1.33 bits per heavy atom. The van der Waals surface area contributed by atoms with E-state index >= 15 is 0 Å². The molecule has 0 fully saturated rings. The van der Waals surface area contributed by atoms with Gasteiger partial charge in [-0.15, -0.1) is 0 Å². The van der Waals surface area contributed by atoms with Crippen molar-refractivity contribution in [1.29, 1.82) is 0 Å². The minimum atomic E-state index is -1.19. The van der Waals surface area contributed by atoms with Crippen LogP contribution in [0.2, 0.25) is 13.3 Å². The Labute approximate surface area is 120 Å². The molecule has 0 bridgehead atoms. The largest absolute Gasteiger partial charge is 0.480 e. The second-order valence-electron chi connectivity index (χ2n) is 4.61. The summed E-state index contributed by atoms with van der Waals surface area (Å²) >= 11 is -0.839. The minimum absolute atomic E-state index is 0.778. The van der Waals surface area contributed by atoms with Gasteiger partial charge in [0, 0.05) is 0 Å². The van der Waals surface area contributed by atoms with Gasteiger partial charge in [-0.2, -0.15) is 0 Å². The van der Waals surface area contributed by atoms with E-state index in [1.165, 1.54) is 38.5 Å². The second kappa shape index (κ2) is 17.2. The number of carboxylic acid groups (broad SMARTS) is 1. The van der Waals surface area contributed by atoms with Crippen LogP contribution in [0.3, 0.4) is 0 Å². The van der Waals surface area contributed by atoms with Crippen LogP contribution in [0.15, 0.2) is 0 Å². The van der Waals surface area contributed by atoms with E-state index in [0.717, 1.165) is 0 Å². The summed E-state index contributed by atoms with van der Waals surface area (Å²) in [6.45, 7) is 6.22. The van der Waals surface area contributed by atoms with E-state index in [4.69, 9.17) is 15.0 Å². The van der Waals surface area contributed by atoms with Crippen LogP contribution in [0.5, 0.6) is 0 Å². The molecule has 109 valence electrons. The Kier molecular flexibility index (Phi) is 19.7. The normalized spacial score (nSPS) is 10.1. The van der Waals surface area contributed by atoms with Crippen LogP contribution in [-0.2, 0) is 4.79 Å². The summed E-state index contributed by atoms with van der Waals surface area (Å²) in [5.74, 6) is -1.19. The van der Waals surface area contributed by atoms with Gasteiger partial charge in [0.1, 0.15) is 6.61 Å². The third-order valence-corrected chi connectivity index (χ3v) is 11.9. The first-order valence-electron chi connectivity index (χ1n) is 7.28. The topological polar surface area (TPSA) is 57.5 Å². The van der Waals surface area contributed by atoms with Gasteiger partial charge >= 0.3 is 98.3 Å². The molecule has 0 aromatic rings. The summed E-state index contributed by atoms with van der Waals surface area (Å²) in [5.41, 5.74) is 0. The van der Waals surface area contributed by atoms with E-state index in [9.17, 15) is 0 Å². The number of unbranched alkanes of at least 4 members (excludes halogenated alkanes) is 3. The first kappa shape index (κ1) is 20.5. The summed E-state index contributed by atoms with van der Waals surface area (Å²) in [7, 11) is 0. The average Bonchev–Trinajstić information content (AvgIpc) is 2.38. The van der Waals surface area contributed by atoms with E-state index in [1.54, 1.807) is 13.3 Å². The number of aliphatic hydroxyl groups excluding tert-OH is 1. The summed E-state index contributed by atoms with van der Waals surface area (Å²) in [5, 5.41) is 15.0. The van der Waals surface area contributed by atoms with Gasteiger partial charge in [0.2, 0.25) is 0 Å². The molecule has 0 saturated carbocycles. The van der Waals surface area contributed by atoms with Crippen molar-refractivity contribution < 1.29 is 15.0 Å². The molecule has 0 atom stereocenters. The van der Waals surface area contributed by atoms with Gasteiger partial charge in [0.15, 0.2) is 0 Å². The van der Waals surface area contributed by atoms with Crippen LogP contribution >= 0.6 is 0 Å². The molecule has 0 aliphatic heterocycles. The van der Waals surface area contributed by atoms with Gasteiger partial charge in [0.25, 0.3) is 0 Å². The molecule has 3 nitrogen and oxygen atoms in total. The number of hydrogen-bond donors (Lipinski definition) is 2. The quantitative estimate of drug-likeness (QED) is 0.576. The minimum Gasteiger partial charge on any atom is -0.480 e. The van der Waals surface area contributed by atoms with Gasteiger partial charge in [0.05, 0.1) is 0 Å². The molecule has 0 aromatic carbocycles. The third-order valence-electron chi connectivity index (χ3n) is 2.79. The average molecular weight is 366 g/mol. The van der Waals surface area contributed by atoms with Gasteiger partial charge in [-0.3, -0.25) is 0 Å². The third kappa shape index (κ3) is 18.6. The van der Waals surface area contributed by atoms with E-state index in [-0.39, 0.29) is 0 Å². The van der Waals surface area contributed by atoms with Crippen LogP contribution in [0, 0.1) is 0 Å². The Morgan fingerprint density at radius 1 is 0.889 bits per heavy atom. The maximum Gasteiger partial charge on any atom is 0.329 e. The molecule has 0 aliphatic carbocycles. The van der Waals surface area contributed by atoms with Crippen LogP contribution in [0.1, 0.15) is 59.3 Å². The fraction of sp³-hybridized carbons (Fsp3) is 0.929. The molecule has 2 N–H and O–H groups in total. The first-order valence-corrected chi connectivity index (χ1v) is 13.3. The smallest absolute Gasteiger partial charge is 0.329 e. The SMILES string of the molecule is CCC[CH2][Sn]([CH2]CCC)[CH2]CCC.O=C(O)CO. The zero-order valence-electron chi connectivity index (χ0n) is 12.4. The maximum atomic E-state index is 9.12. The van der Waals surface area contributed by atoms with E-state index in [0.29, 0.717) is 0 Å². The summed E-state index contributed by atoms with van der Waals surface area (Å²) < 4.78 is 5.04. The molecular formula is C14H31O3Sn. The summed E-state index contributed by atoms with van der Waals surface area (Å²) in [6, 6.07) is 0. The molecule has 0 rings (SSSR count). The van der Waals surface area contributed by atoms with Crippen molar-refractivity contribution in [2.45, 2.75) is 72.6 Å². The molecule has 0 heterocycles. The molecule has 0 spiro atoms. The maximum absolute atomic E-state index is 9.12. The van der Waals surface area contributed by atoms with E-state index < -0.39 is 32.3 Å². The summed E-state index contributed by atoms with van der Waals surface area (Å²) in [4.78, 5) is 9.12. The van der Waals surface area contributed by atoms with Crippen molar-refractivity contribution in [2.75, 3.05) is 6.61 Å². The fourth-order valence-electron chi connectivity index (χ4n) is 1.66. The van der Waals surface area contributed by atoms with Gasteiger partial charge in [-0.05, 0) is 0 Å². The van der Waals surface area contributed by atoms with Crippen LogP contribution in [0.25, 0.3) is 0 Å². The van der Waals surface area contributed by atoms with Crippen molar-refractivity contribution in [2.24, 2.45) is 0 Å². The van der Waals surface area contributed by atoms with Gasteiger partial charge in [-0.1, -0.05) is 0 Å². The predicted molar refractivity (Wildman–Crippen MR) is 79.6 cm³/mol. The van der Waals surface area contributed by atoms with Crippen LogP contribution < -0.4 is 0 Å². The standard InChI is InChI=1S/3C4H9.C2H4O3.Sn/c3*1-3-4-2;3-1-2(4)5;/h3*1,3-4H2,2H3;3H,1H2,(H,4,5);. The number of rotatable bonds is 10. The predicted octanol–water partition coefficient (Wildman–Crippen LogP) is 3.94. The molecular weight excluding hydrogens is 335 g/mol. The number of hydrogen-bond acceptors (Lipinski definition) is 2. The zero-order chi connectivity index (χ0) is 14.2. The van der Waals surface area contributed by atoms with E-state index in [1.807, 2.05) is 0 Å². The Bertz CT molecular complexity index is 155. The number of aliphatic hydroxyl groups is 1. The number of carboxylic acids is 1. The summed E-state index contributed by atoms with van der Waals surface area (Å²) in [6.07, 6.45) is 8.85. The van der Waals surface area contributed by atoms with Crippen molar-refractivity contribution in [1.82, 2.24) is 0 Å². The number of aliphatic carboxylic acids is 1. The first-order chi connectivity index (χ1) is 8.62. The molecule has 4 heteroatoms. The molecule has 0 aliphatic rings. The zero-order valence-corrected chi connectivity index (χ0v) is 15.2. The number of carbonyl (C=O) groups is 1. The Hall–Kier alpha value is 0.229. The Balaban J connectivity index is 0. The van der Waals surface area contributed by atoms with Gasteiger partial charge < -0.3 is 10.2 Å². The van der Waals surface area contributed by atoms with Crippen molar-refractivity contribution in [3.8, 4) is 0 Å².